The monoisotopic (exact) mass is 492 g/mol. The van der Waals surface area contributed by atoms with Crippen molar-refractivity contribution >= 4 is 45.5 Å². The first-order valence-corrected chi connectivity index (χ1v) is 10.3. The Morgan fingerprint density at radius 1 is 0.969 bits per heavy atom. The number of methoxy groups -OCH3 is 1. The van der Waals surface area contributed by atoms with Crippen molar-refractivity contribution in [2.24, 2.45) is 0 Å². The number of hydrazine groups is 1. The van der Waals surface area contributed by atoms with Crippen LogP contribution in [0.15, 0.2) is 82.8 Å². The number of carbonyl (C=O) groups is 3. The molecule has 3 aromatic rings. The molecule has 0 spiro atoms. The number of hydrogen-bond acceptors (Lipinski definition) is 5. The summed E-state index contributed by atoms with van der Waals surface area (Å²) in [5, 5.41) is 1.19. The fraction of sp³-hybridized carbons (Fsp3) is 0.0417. The second kappa shape index (κ2) is 9.07. The maximum Gasteiger partial charge on any atom is 0.343 e. The molecule has 32 heavy (non-hydrogen) atoms. The molecule has 0 radical (unpaired) electrons. The second-order valence-electron chi connectivity index (χ2n) is 6.78. The minimum absolute atomic E-state index is 0.0180. The molecule has 1 saturated heterocycles. The maximum atomic E-state index is 12.7. The zero-order valence-electron chi connectivity index (χ0n) is 16.9. The van der Waals surface area contributed by atoms with Crippen molar-refractivity contribution in [3.63, 3.8) is 0 Å². The van der Waals surface area contributed by atoms with Gasteiger partial charge in [-0.1, -0.05) is 40.2 Å². The topological polar surface area (TPSA) is 84.9 Å². The molecule has 0 bridgehead atoms. The molecule has 1 heterocycles. The van der Waals surface area contributed by atoms with Crippen LogP contribution in [0, 0.1) is 0 Å². The number of nitrogens with one attached hydrogen (secondary N) is 1. The van der Waals surface area contributed by atoms with Gasteiger partial charge in [-0.05, 0) is 60.2 Å². The summed E-state index contributed by atoms with van der Waals surface area (Å²) >= 11 is 3.32. The van der Waals surface area contributed by atoms with Crippen LogP contribution in [-0.2, 0) is 9.59 Å². The van der Waals surface area contributed by atoms with Crippen LogP contribution >= 0.6 is 15.9 Å². The van der Waals surface area contributed by atoms with Crippen molar-refractivity contribution in [1.82, 2.24) is 5.43 Å². The van der Waals surface area contributed by atoms with Crippen LogP contribution in [0.2, 0.25) is 0 Å². The highest BCUT2D eigenvalue weighted by Crippen LogP contribution is 2.30. The van der Waals surface area contributed by atoms with Crippen LogP contribution in [0.25, 0.3) is 6.08 Å². The van der Waals surface area contributed by atoms with Crippen LogP contribution in [0.4, 0.5) is 5.69 Å². The first kappa shape index (κ1) is 21.3. The Morgan fingerprint density at radius 2 is 1.69 bits per heavy atom. The molecule has 1 N–H and O–H groups in total. The third-order valence-electron chi connectivity index (χ3n) is 4.69. The van der Waals surface area contributed by atoms with Gasteiger partial charge < -0.3 is 9.47 Å². The molecule has 1 aliphatic rings. The van der Waals surface area contributed by atoms with E-state index in [9.17, 15) is 14.4 Å². The third kappa shape index (κ3) is 4.40. The minimum Gasteiger partial charge on any atom is -0.493 e. The normalized spacial score (nSPS) is 14.4. The van der Waals surface area contributed by atoms with Gasteiger partial charge in [0.05, 0.1) is 18.4 Å². The van der Waals surface area contributed by atoms with Gasteiger partial charge in [0.2, 0.25) is 0 Å². The average Bonchev–Trinajstić information content (AvgIpc) is 3.09. The van der Waals surface area contributed by atoms with Crippen molar-refractivity contribution < 1.29 is 23.9 Å². The zero-order valence-corrected chi connectivity index (χ0v) is 18.5. The lowest BCUT2D eigenvalue weighted by atomic mass is 10.1. The lowest BCUT2D eigenvalue weighted by molar-refractivity contribution is -0.117. The van der Waals surface area contributed by atoms with Crippen LogP contribution in [0.1, 0.15) is 15.9 Å². The van der Waals surface area contributed by atoms with Gasteiger partial charge in [-0.2, -0.15) is 0 Å². The molecule has 160 valence electrons. The second-order valence-corrected chi connectivity index (χ2v) is 7.70. The molecule has 8 heteroatoms. The van der Waals surface area contributed by atoms with Gasteiger partial charge in [0.15, 0.2) is 11.5 Å². The van der Waals surface area contributed by atoms with Crippen molar-refractivity contribution in [1.29, 1.82) is 0 Å². The van der Waals surface area contributed by atoms with Crippen LogP contribution < -0.4 is 19.9 Å². The number of rotatable bonds is 5. The van der Waals surface area contributed by atoms with Gasteiger partial charge >= 0.3 is 5.97 Å². The highest BCUT2D eigenvalue weighted by molar-refractivity contribution is 9.10. The number of benzene rings is 3. The van der Waals surface area contributed by atoms with Crippen LogP contribution in [0.5, 0.6) is 11.5 Å². The van der Waals surface area contributed by atoms with Crippen molar-refractivity contribution in [2.75, 3.05) is 12.1 Å². The molecule has 1 fully saturated rings. The molecule has 4 rings (SSSR count). The maximum absolute atomic E-state index is 12.7. The summed E-state index contributed by atoms with van der Waals surface area (Å²) in [7, 11) is 1.44. The SMILES string of the molecule is COc1cc(/C=C2/C(=O)NN(c3ccccc3)C2=O)ccc1OC(=O)c1ccc(Br)cc1. The predicted molar refractivity (Wildman–Crippen MR) is 122 cm³/mol. The number of nitrogens with zero attached hydrogens (tertiary/aromatic N) is 1. The molecule has 7 nitrogen and oxygen atoms in total. The van der Waals surface area contributed by atoms with E-state index in [2.05, 4.69) is 21.4 Å². The lowest BCUT2D eigenvalue weighted by Gasteiger charge is -2.13. The van der Waals surface area contributed by atoms with Gasteiger partial charge in [-0.3, -0.25) is 15.0 Å². The fourth-order valence-corrected chi connectivity index (χ4v) is 3.35. The van der Waals surface area contributed by atoms with E-state index in [0.717, 1.165) is 4.47 Å². The van der Waals surface area contributed by atoms with Crippen LogP contribution in [-0.4, -0.2) is 24.9 Å². The minimum atomic E-state index is -0.536. The van der Waals surface area contributed by atoms with E-state index in [-0.39, 0.29) is 17.1 Å². The van der Waals surface area contributed by atoms with E-state index < -0.39 is 17.8 Å². The molecular formula is C24H17BrN2O5. The van der Waals surface area contributed by atoms with E-state index in [0.29, 0.717) is 16.8 Å². The van der Waals surface area contributed by atoms with Gasteiger partial charge in [0, 0.05) is 4.47 Å². The summed E-state index contributed by atoms with van der Waals surface area (Å²) in [5.41, 5.74) is 4.02. The molecule has 0 unspecified atom stereocenters. The number of hydrogen-bond donors (Lipinski definition) is 1. The van der Waals surface area contributed by atoms with Gasteiger partial charge in [-0.25, -0.2) is 9.80 Å². The van der Waals surface area contributed by atoms with E-state index in [1.807, 2.05) is 6.07 Å². The molecule has 0 saturated carbocycles. The first-order chi connectivity index (χ1) is 15.5. The summed E-state index contributed by atoms with van der Waals surface area (Å²) in [6.45, 7) is 0. The highest BCUT2D eigenvalue weighted by atomic mass is 79.9. The molecule has 0 atom stereocenters. The molecule has 2 amide bonds. The number of esters is 1. The fourth-order valence-electron chi connectivity index (χ4n) is 3.09. The number of amides is 2. The molecular weight excluding hydrogens is 476 g/mol. The summed E-state index contributed by atoms with van der Waals surface area (Å²) in [4.78, 5) is 37.5. The molecule has 0 aromatic heterocycles. The Balaban J connectivity index is 1.56. The number of carbonyl (C=O) groups excluding carboxylic acids is 3. The van der Waals surface area contributed by atoms with Crippen LogP contribution in [0.3, 0.4) is 0 Å². The Morgan fingerprint density at radius 3 is 2.38 bits per heavy atom. The number of halogens is 1. The third-order valence-corrected chi connectivity index (χ3v) is 5.22. The standard InChI is InChI=1S/C24H17BrN2O5/c1-31-21-14-15(7-12-20(21)32-24(30)16-8-10-17(25)11-9-16)13-19-22(28)26-27(23(19)29)18-5-3-2-4-6-18/h2-14H,1H3,(H,26,28)/b19-13-. The number of anilines is 1. The van der Waals surface area contributed by atoms with Crippen molar-refractivity contribution in [3.05, 3.63) is 94.0 Å². The van der Waals surface area contributed by atoms with E-state index in [1.54, 1.807) is 66.7 Å². The zero-order chi connectivity index (χ0) is 22.7. The Hall–Kier alpha value is -3.91. The average molecular weight is 493 g/mol. The predicted octanol–water partition coefficient (Wildman–Crippen LogP) is 4.14. The summed E-state index contributed by atoms with van der Waals surface area (Å²) < 4.78 is 11.6. The molecule has 0 aliphatic carbocycles. The summed E-state index contributed by atoms with van der Waals surface area (Å²) in [6, 6.07) is 20.3. The first-order valence-electron chi connectivity index (χ1n) is 9.54. The van der Waals surface area contributed by atoms with Crippen molar-refractivity contribution in [3.8, 4) is 11.5 Å². The van der Waals surface area contributed by atoms with E-state index in [1.165, 1.54) is 18.2 Å². The van der Waals surface area contributed by atoms with Crippen molar-refractivity contribution in [2.45, 2.75) is 0 Å². The smallest absolute Gasteiger partial charge is 0.343 e. The number of para-hydroxylation sites is 1. The van der Waals surface area contributed by atoms with Gasteiger partial charge in [0.1, 0.15) is 5.57 Å². The highest BCUT2D eigenvalue weighted by Gasteiger charge is 2.34. The van der Waals surface area contributed by atoms with Gasteiger partial charge in [0.25, 0.3) is 11.8 Å². The van der Waals surface area contributed by atoms with E-state index >= 15 is 0 Å². The Labute approximate surface area is 192 Å². The molecule has 1 aliphatic heterocycles. The van der Waals surface area contributed by atoms with Gasteiger partial charge in [-0.15, -0.1) is 0 Å². The summed E-state index contributed by atoms with van der Waals surface area (Å²) in [5.74, 6) is -1.01. The summed E-state index contributed by atoms with van der Waals surface area (Å²) in [6.07, 6.45) is 1.46. The lowest BCUT2D eigenvalue weighted by Crippen LogP contribution is -2.35. The Bertz CT molecular complexity index is 1220. The Kier molecular flexibility index (Phi) is 6.04. The quantitative estimate of drug-likeness (QED) is 0.250. The van der Waals surface area contributed by atoms with E-state index in [4.69, 9.17) is 9.47 Å². The number of ether oxygens (including phenoxy) is 2. The largest absolute Gasteiger partial charge is 0.493 e. The molecule has 3 aromatic carbocycles.